The Morgan fingerprint density at radius 2 is 2.33 bits per heavy atom. The Hall–Kier alpha value is -2.31. The summed E-state index contributed by atoms with van der Waals surface area (Å²) in [5, 5.41) is 6.23. The monoisotopic (exact) mass is 296 g/mol. The zero-order valence-electron chi connectivity index (χ0n) is 11.9. The largest absolute Gasteiger partial charge is 0.494 e. The molecule has 1 N–H and O–H groups in total. The molecule has 7 nitrogen and oxygen atoms in total. The van der Waals surface area contributed by atoms with Crippen molar-refractivity contribution in [3.05, 3.63) is 40.0 Å². The standard InChI is InChI=1S/C13H17FN4O3/c1-3-21-13(19)12(16-6-7-17-18-15)9-4-5-11(20-2)10(14)8-9/h4-5,8,12,16H,3,6-7H2,1-2H3. The van der Waals surface area contributed by atoms with Crippen LogP contribution in [0.2, 0.25) is 0 Å². The number of carbonyl (C=O) groups excluding carboxylic acids is 1. The second-order valence-electron chi connectivity index (χ2n) is 3.99. The van der Waals surface area contributed by atoms with Crippen LogP contribution in [0.4, 0.5) is 4.39 Å². The molecule has 0 amide bonds. The van der Waals surface area contributed by atoms with Crippen LogP contribution in [-0.2, 0) is 9.53 Å². The summed E-state index contributed by atoms with van der Waals surface area (Å²) < 4.78 is 23.5. The summed E-state index contributed by atoms with van der Waals surface area (Å²) in [5.74, 6) is -1.00. The summed E-state index contributed by atoms with van der Waals surface area (Å²) in [6.07, 6.45) is 0. The van der Waals surface area contributed by atoms with Crippen molar-refractivity contribution in [2.45, 2.75) is 13.0 Å². The minimum Gasteiger partial charge on any atom is -0.494 e. The van der Waals surface area contributed by atoms with Gasteiger partial charge in [0.15, 0.2) is 11.6 Å². The van der Waals surface area contributed by atoms with Gasteiger partial charge in [-0.25, -0.2) is 9.18 Å². The van der Waals surface area contributed by atoms with E-state index in [9.17, 15) is 9.18 Å². The van der Waals surface area contributed by atoms with Crippen LogP contribution in [-0.4, -0.2) is 32.8 Å². The highest BCUT2D eigenvalue weighted by Crippen LogP contribution is 2.22. The quantitative estimate of drug-likeness (QED) is 0.262. The van der Waals surface area contributed by atoms with Crippen LogP contribution >= 0.6 is 0 Å². The lowest BCUT2D eigenvalue weighted by Crippen LogP contribution is -2.32. The Balaban J connectivity index is 2.91. The van der Waals surface area contributed by atoms with E-state index in [0.717, 1.165) is 0 Å². The van der Waals surface area contributed by atoms with Gasteiger partial charge < -0.3 is 14.8 Å². The van der Waals surface area contributed by atoms with E-state index in [0.29, 0.717) is 5.56 Å². The van der Waals surface area contributed by atoms with Gasteiger partial charge in [0.25, 0.3) is 0 Å². The topological polar surface area (TPSA) is 96.3 Å². The number of methoxy groups -OCH3 is 1. The molecule has 0 saturated heterocycles. The van der Waals surface area contributed by atoms with Crippen molar-refractivity contribution in [1.29, 1.82) is 0 Å². The van der Waals surface area contributed by atoms with E-state index in [4.69, 9.17) is 15.0 Å². The van der Waals surface area contributed by atoms with Crippen molar-refractivity contribution in [2.24, 2.45) is 5.11 Å². The Morgan fingerprint density at radius 3 is 2.90 bits per heavy atom. The third-order valence-electron chi connectivity index (χ3n) is 2.65. The van der Waals surface area contributed by atoms with Gasteiger partial charge in [-0.2, -0.15) is 0 Å². The van der Waals surface area contributed by atoms with Crippen LogP contribution in [0.25, 0.3) is 10.4 Å². The number of hydrogen-bond donors (Lipinski definition) is 1. The van der Waals surface area contributed by atoms with E-state index in [1.54, 1.807) is 13.0 Å². The Kier molecular flexibility index (Phi) is 7.00. The molecule has 0 heterocycles. The van der Waals surface area contributed by atoms with Gasteiger partial charge >= 0.3 is 5.97 Å². The van der Waals surface area contributed by atoms with Crippen molar-refractivity contribution in [2.75, 3.05) is 26.8 Å². The van der Waals surface area contributed by atoms with Crippen molar-refractivity contribution in [1.82, 2.24) is 5.32 Å². The van der Waals surface area contributed by atoms with Crippen LogP contribution < -0.4 is 10.1 Å². The van der Waals surface area contributed by atoms with Crippen molar-refractivity contribution >= 4 is 5.97 Å². The van der Waals surface area contributed by atoms with Gasteiger partial charge in [0.1, 0.15) is 6.04 Å². The van der Waals surface area contributed by atoms with E-state index >= 15 is 0 Å². The van der Waals surface area contributed by atoms with Gasteiger partial charge in [-0.05, 0) is 30.2 Å². The second kappa shape index (κ2) is 8.78. The molecule has 0 aromatic heterocycles. The number of rotatable bonds is 8. The van der Waals surface area contributed by atoms with E-state index in [1.807, 2.05) is 0 Å². The number of hydrogen-bond acceptors (Lipinski definition) is 5. The molecular formula is C13H17FN4O3. The predicted molar refractivity (Wildman–Crippen MR) is 74.3 cm³/mol. The molecule has 0 aliphatic rings. The molecule has 0 aliphatic carbocycles. The normalized spacial score (nSPS) is 11.4. The summed E-state index contributed by atoms with van der Waals surface area (Å²) in [5.41, 5.74) is 8.62. The molecule has 114 valence electrons. The first-order valence-corrected chi connectivity index (χ1v) is 6.38. The number of carbonyl (C=O) groups is 1. The molecule has 0 radical (unpaired) electrons. The third kappa shape index (κ3) is 4.94. The summed E-state index contributed by atoms with van der Waals surface area (Å²) in [7, 11) is 1.36. The number of nitrogens with zero attached hydrogens (tertiary/aromatic N) is 3. The third-order valence-corrected chi connectivity index (χ3v) is 2.65. The molecule has 8 heteroatoms. The van der Waals surface area contributed by atoms with E-state index in [-0.39, 0.29) is 25.4 Å². The molecule has 0 bridgehead atoms. The van der Waals surface area contributed by atoms with E-state index < -0.39 is 17.8 Å². The van der Waals surface area contributed by atoms with Gasteiger partial charge in [0.05, 0.1) is 13.7 Å². The van der Waals surface area contributed by atoms with Crippen molar-refractivity contribution in [3.8, 4) is 5.75 Å². The summed E-state index contributed by atoms with van der Waals surface area (Å²) >= 11 is 0. The molecule has 1 rings (SSSR count). The molecule has 1 unspecified atom stereocenters. The lowest BCUT2D eigenvalue weighted by Gasteiger charge is -2.17. The van der Waals surface area contributed by atoms with Crippen LogP contribution in [0, 0.1) is 5.82 Å². The summed E-state index contributed by atoms with van der Waals surface area (Å²) in [6, 6.07) is 3.39. The molecular weight excluding hydrogens is 279 g/mol. The fraction of sp³-hybridized carbons (Fsp3) is 0.462. The first-order valence-electron chi connectivity index (χ1n) is 6.38. The first-order chi connectivity index (χ1) is 10.1. The highest BCUT2D eigenvalue weighted by molar-refractivity contribution is 5.77. The number of azide groups is 1. The Morgan fingerprint density at radius 1 is 1.57 bits per heavy atom. The molecule has 0 fully saturated rings. The lowest BCUT2D eigenvalue weighted by molar-refractivity contribution is -0.145. The SMILES string of the molecule is CCOC(=O)C(NCCN=[N+]=[N-])c1ccc(OC)c(F)c1. The lowest BCUT2D eigenvalue weighted by atomic mass is 10.1. The minimum atomic E-state index is -0.834. The summed E-state index contributed by atoms with van der Waals surface area (Å²) in [6.45, 7) is 2.34. The van der Waals surface area contributed by atoms with E-state index in [1.165, 1.54) is 19.2 Å². The van der Waals surface area contributed by atoms with Gasteiger partial charge in [0.2, 0.25) is 0 Å². The maximum Gasteiger partial charge on any atom is 0.327 e. The smallest absolute Gasteiger partial charge is 0.327 e. The number of halogens is 1. The zero-order valence-corrected chi connectivity index (χ0v) is 11.9. The molecule has 21 heavy (non-hydrogen) atoms. The fourth-order valence-corrected chi connectivity index (χ4v) is 1.73. The molecule has 1 aromatic rings. The van der Waals surface area contributed by atoms with Gasteiger partial charge in [-0.15, -0.1) is 0 Å². The average molecular weight is 296 g/mol. The van der Waals surface area contributed by atoms with Crippen molar-refractivity contribution < 1.29 is 18.7 Å². The van der Waals surface area contributed by atoms with Gasteiger partial charge in [-0.1, -0.05) is 11.2 Å². The van der Waals surface area contributed by atoms with Crippen LogP contribution in [0.3, 0.4) is 0 Å². The maximum absolute atomic E-state index is 13.7. The zero-order chi connectivity index (χ0) is 15.7. The number of esters is 1. The molecule has 0 aliphatic heterocycles. The first kappa shape index (κ1) is 16.7. The highest BCUT2D eigenvalue weighted by atomic mass is 19.1. The number of ether oxygens (including phenoxy) is 2. The van der Waals surface area contributed by atoms with Crippen molar-refractivity contribution in [3.63, 3.8) is 0 Å². The van der Waals surface area contributed by atoms with E-state index in [2.05, 4.69) is 15.3 Å². The molecule has 1 aromatic carbocycles. The van der Waals surface area contributed by atoms with Gasteiger partial charge in [0, 0.05) is 18.0 Å². The van der Waals surface area contributed by atoms with Crippen LogP contribution in [0.5, 0.6) is 5.75 Å². The predicted octanol–water partition coefficient (Wildman–Crippen LogP) is 2.34. The summed E-state index contributed by atoms with van der Waals surface area (Å²) in [4.78, 5) is 14.5. The minimum absolute atomic E-state index is 0.0930. The Bertz CT molecular complexity index is 532. The Labute approximate surface area is 121 Å². The highest BCUT2D eigenvalue weighted by Gasteiger charge is 2.22. The number of nitrogens with one attached hydrogen (secondary N) is 1. The van der Waals surface area contributed by atoms with Crippen LogP contribution in [0.15, 0.2) is 23.3 Å². The molecule has 1 atom stereocenters. The second-order valence-corrected chi connectivity index (χ2v) is 3.99. The molecule has 0 spiro atoms. The maximum atomic E-state index is 13.7. The molecule has 0 saturated carbocycles. The number of benzene rings is 1. The van der Waals surface area contributed by atoms with Crippen LogP contribution in [0.1, 0.15) is 18.5 Å². The average Bonchev–Trinajstić information content (AvgIpc) is 2.47. The van der Waals surface area contributed by atoms with Gasteiger partial charge in [-0.3, -0.25) is 0 Å². The fourth-order valence-electron chi connectivity index (χ4n) is 1.73.